The summed E-state index contributed by atoms with van der Waals surface area (Å²) in [6, 6.07) is 8.77. The number of esters is 1. The molecule has 0 saturated heterocycles. The number of nitrogens with two attached hydrogens (primary N) is 1. The molecule has 3 unspecified atom stereocenters. The van der Waals surface area contributed by atoms with Crippen molar-refractivity contribution in [3.63, 3.8) is 0 Å². The molecule has 1 fully saturated rings. The summed E-state index contributed by atoms with van der Waals surface area (Å²) in [5, 5.41) is 2.80. The molecule has 0 spiro atoms. The average Bonchev–Trinajstić information content (AvgIpc) is 2.93. The zero-order chi connectivity index (χ0) is 15.2. The van der Waals surface area contributed by atoms with Crippen molar-refractivity contribution in [3.8, 4) is 0 Å². The summed E-state index contributed by atoms with van der Waals surface area (Å²) in [5.41, 5.74) is 6.92. The maximum Gasteiger partial charge on any atom is 0.328 e. The van der Waals surface area contributed by atoms with Crippen molar-refractivity contribution in [2.75, 3.05) is 7.11 Å². The topological polar surface area (TPSA) is 81.4 Å². The van der Waals surface area contributed by atoms with Gasteiger partial charge in [0.05, 0.1) is 13.0 Å². The SMILES string of the molecule is COC(=O)C(Cc1ccccc1)NC(=O)C1CCCC1N.Cl. The van der Waals surface area contributed by atoms with Crippen LogP contribution in [0.25, 0.3) is 0 Å². The molecule has 5 nitrogen and oxygen atoms in total. The molecular formula is C16H23ClN2O3. The van der Waals surface area contributed by atoms with Crippen molar-refractivity contribution in [1.82, 2.24) is 5.32 Å². The van der Waals surface area contributed by atoms with Gasteiger partial charge in [-0.05, 0) is 18.4 Å². The van der Waals surface area contributed by atoms with E-state index in [-0.39, 0.29) is 30.3 Å². The molecule has 0 aromatic heterocycles. The number of ether oxygens (including phenoxy) is 1. The first kappa shape index (κ1) is 18.5. The number of halogens is 1. The van der Waals surface area contributed by atoms with Crippen LogP contribution in [0, 0.1) is 5.92 Å². The lowest BCUT2D eigenvalue weighted by atomic mass is 10.0. The monoisotopic (exact) mass is 326 g/mol. The van der Waals surface area contributed by atoms with E-state index in [4.69, 9.17) is 10.5 Å². The van der Waals surface area contributed by atoms with Crippen LogP contribution in [0.15, 0.2) is 30.3 Å². The predicted molar refractivity (Wildman–Crippen MR) is 86.7 cm³/mol. The van der Waals surface area contributed by atoms with Crippen molar-refractivity contribution in [2.45, 2.75) is 37.8 Å². The Morgan fingerprint density at radius 2 is 2.00 bits per heavy atom. The molecule has 0 heterocycles. The number of carbonyl (C=O) groups excluding carboxylic acids is 2. The van der Waals surface area contributed by atoms with Gasteiger partial charge in [-0.15, -0.1) is 12.4 Å². The van der Waals surface area contributed by atoms with Crippen LogP contribution in [0.1, 0.15) is 24.8 Å². The maximum absolute atomic E-state index is 12.3. The van der Waals surface area contributed by atoms with Gasteiger partial charge in [0.2, 0.25) is 5.91 Å². The Morgan fingerprint density at radius 3 is 2.55 bits per heavy atom. The molecular weight excluding hydrogens is 304 g/mol. The number of benzene rings is 1. The second kappa shape index (κ2) is 8.76. The Kier molecular flexibility index (Phi) is 7.35. The third-order valence-corrected chi connectivity index (χ3v) is 3.99. The van der Waals surface area contributed by atoms with E-state index in [1.165, 1.54) is 7.11 Å². The van der Waals surface area contributed by atoms with Gasteiger partial charge in [0.1, 0.15) is 6.04 Å². The minimum Gasteiger partial charge on any atom is -0.467 e. The van der Waals surface area contributed by atoms with Crippen molar-refractivity contribution in [1.29, 1.82) is 0 Å². The van der Waals surface area contributed by atoms with E-state index in [9.17, 15) is 9.59 Å². The third kappa shape index (κ3) is 4.71. The molecule has 1 aliphatic rings. The molecule has 0 bridgehead atoms. The molecule has 3 atom stereocenters. The number of amides is 1. The summed E-state index contributed by atoms with van der Waals surface area (Å²) < 4.78 is 4.79. The van der Waals surface area contributed by atoms with Crippen LogP contribution in [0.3, 0.4) is 0 Å². The Bertz CT molecular complexity index is 495. The van der Waals surface area contributed by atoms with Gasteiger partial charge >= 0.3 is 5.97 Å². The highest BCUT2D eigenvalue weighted by Crippen LogP contribution is 2.24. The highest BCUT2D eigenvalue weighted by atomic mass is 35.5. The first-order valence-corrected chi connectivity index (χ1v) is 7.29. The number of hydrogen-bond donors (Lipinski definition) is 2. The maximum atomic E-state index is 12.3. The first-order chi connectivity index (χ1) is 10.1. The summed E-state index contributed by atoms with van der Waals surface area (Å²) in [7, 11) is 1.33. The second-order valence-electron chi connectivity index (χ2n) is 5.48. The minimum absolute atomic E-state index is 0. The fourth-order valence-electron chi connectivity index (χ4n) is 2.78. The number of methoxy groups -OCH3 is 1. The van der Waals surface area contributed by atoms with E-state index < -0.39 is 12.0 Å². The lowest BCUT2D eigenvalue weighted by molar-refractivity contribution is -0.145. The largest absolute Gasteiger partial charge is 0.467 e. The van der Waals surface area contributed by atoms with Gasteiger partial charge in [0.25, 0.3) is 0 Å². The molecule has 1 saturated carbocycles. The summed E-state index contributed by atoms with van der Waals surface area (Å²) in [6.07, 6.45) is 3.02. The molecule has 3 N–H and O–H groups in total. The molecule has 1 amide bonds. The molecule has 2 rings (SSSR count). The Hall–Kier alpha value is -1.59. The zero-order valence-corrected chi connectivity index (χ0v) is 13.5. The fourth-order valence-corrected chi connectivity index (χ4v) is 2.78. The van der Waals surface area contributed by atoms with Gasteiger partial charge in [-0.2, -0.15) is 0 Å². The highest BCUT2D eigenvalue weighted by molar-refractivity contribution is 5.86. The van der Waals surface area contributed by atoms with E-state index in [0.29, 0.717) is 6.42 Å². The van der Waals surface area contributed by atoms with Gasteiger partial charge < -0.3 is 15.8 Å². The number of rotatable bonds is 5. The third-order valence-electron chi connectivity index (χ3n) is 3.99. The standard InChI is InChI=1S/C16H22N2O3.ClH/c1-21-16(20)14(10-11-6-3-2-4-7-11)18-15(19)12-8-5-9-13(12)17;/h2-4,6-7,12-14H,5,8-10,17H2,1H3,(H,18,19);1H. The van der Waals surface area contributed by atoms with Crippen LogP contribution < -0.4 is 11.1 Å². The normalized spacial score (nSPS) is 21.5. The molecule has 1 aromatic carbocycles. The fraction of sp³-hybridized carbons (Fsp3) is 0.500. The van der Waals surface area contributed by atoms with E-state index >= 15 is 0 Å². The van der Waals surface area contributed by atoms with Crippen LogP contribution in [0.2, 0.25) is 0 Å². The Morgan fingerprint density at radius 1 is 1.32 bits per heavy atom. The van der Waals surface area contributed by atoms with Crippen molar-refractivity contribution < 1.29 is 14.3 Å². The smallest absolute Gasteiger partial charge is 0.328 e. The van der Waals surface area contributed by atoms with Crippen molar-refractivity contribution in [2.24, 2.45) is 11.7 Å². The van der Waals surface area contributed by atoms with Gasteiger partial charge in [0, 0.05) is 12.5 Å². The summed E-state index contributed by atoms with van der Waals surface area (Å²) in [6.45, 7) is 0. The van der Waals surface area contributed by atoms with Crippen LogP contribution in [0.4, 0.5) is 0 Å². The number of nitrogens with one attached hydrogen (secondary N) is 1. The molecule has 22 heavy (non-hydrogen) atoms. The van der Waals surface area contributed by atoms with Crippen LogP contribution in [-0.2, 0) is 20.7 Å². The second-order valence-corrected chi connectivity index (χ2v) is 5.48. The highest BCUT2D eigenvalue weighted by Gasteiger charge is 2.33. The lowest BCUT2D eigenvalue weighted by Crippen LogP contribution is -2.48. The molecule has 122 valence electrons. The molecule has 0 aliphatic heterocycles. The van der Waals surface area contributed by atoms with Crippen LogP contribution >= 0.6 is 12.4 Å². The van der Waals surface area contributed by atoms with Gasteiger partial charge in [-0.25, -0.2) is 4.79 Å². The summed E-state index contributed by atoms with van der Waals surface area (Å²) in [4.78, 5) is 24.2. The number of hydrogen-bond acceptors (Lipinski definition) is 4. The lowest BCUT2D eigenvalue weighted by Gasteiger charge is -2.21. The van der Waals surface area contributed by atoms with E-state index in [2.05, 4.69) is 5.32 Å². The summed E-state index contributed by atoms with van der Waals surface area (Å²) in [5.74, 6) is -0.780. The van der Waals surface area contributed by atoms with Gasteiger partial charge in [-0.1, -0.05) is 36.8 Å². The summed E-state index contributed by atoms with van der Waals surface area (Å²) >= 11 is 0. The zero-order valence-electron chi connectivity index (χ0n) is 12.7. The Labute approximate surface area is 137 Å². The van der Waals surface area contributed by atoms with E-state index in [1.54, 1.807) is 0 Å². The molecule has 1 aromatic rings. The van der Waals surface area contributed by atoms with Crippen LogP contribution in [-0.4, -0.2) is 31.1 Å². The average molecular weight is 327 g/mol. The predicted octanol–water partition coefficient (Wildman–Crippen LogP) is 1.44. The van der Waals surface area contributed by atoms with Gasteiger partial charge in [-0.3, -0.25) is 4.79 Å². The number of carbonyl (C=O) groups is 2. The Balaban J connectivity index is 0.00000242. The van der Waals surface area contributed by atoms with Crippen molar-refractivity contribution >= 4 is 24.3 Å². The molecule has 6 heteroatoms. The van der Waals surface area contributed by atoms with Crippen molar-refractivity contribution in [3.05, 3.63) is 35.9 Å². The molecule has 0 radical (unpaired) electrons. The first-order valence-electron chi connectivity index (χ1n) is 7.29. The van der Waals surface area contributed by atoms with Gasteiger partial charge in [0.15, 0.2) is 0 Å². The van der Waals surface area contributed by atoms with E-state index in [1.807, 2.05) is 30.3 Å². The van der Waals surface area contributed by atoms with Crippen LogP contribution in [0.5, 0.6) is 0 Å². The minimum atomic E-state index is -0.669. The molecule has 1 aliphatic carbocycles. The van der Waals surface area contributed by atoms with E-state index in [0.717, 1.165) is 24.8 Å². The quantitative estimate of drug-likeness (QED) is 0.802.